The van der Waals surface area contributed by atoms with Crippen molar-refractivity contribution in [2.24, 2.45) is 4.99 Å². The van der Waals surface area contributed by atoms with Gasteiger partial charge in [0, 0.05) is 38.1 Å². The van der Waals surface area contributed by atoms with Crippen LogP contribution in [0.5, 0.6) is 0 Å². The monoisotopic (exact) mass is 510 g/mol. The highest BCUT2D eigenvalue weighted by Crippen LogP contribution is 2.05. The molecule has 148 valence electrons. The molecule has 8 heteroatoms. The topological polar surface area (TPSA) is 67.1 Å². The van der Waals surface area contributed by atoms with E-state index in [2.05, 4.69) is 37.8 Å². The van der Waals surface area contributed by atoms with E-state index < -0.39 is 0 Å². The minimum Gasteiger partial charge on any atom is -0.356 e. The number of halogens is 2. The molecule has 6 nitrogen and oxygen atoms in total. The summed E-state index contributed by atoms with van der Waals surface area (Å²) in [6, 6.07) is 14.1. The van der Waals surface area contributed by atoms with E-state index in [4.69, 9.17) is 11.6 Å². The van der Waals surface area contributed by atoms with Crippen molar-refractivity contribution < 1.29 is 0 Å². The summed E-state index contributed by atoms with van der Waals surface area (Å²) in [5.41, 5.74) is 3.47. The fourth-order valence-corrected chi connectivity index (χ4v) is 2.75. The second-order valence-corrected chi connectivity index (χ2v) is 6.51. The number of guanidine groups is 1. The zero-order chi connectivity index (χ0) is 18.9. The van der Waals surface area contributed by atoms with Gasteiger partial charge < -0.3 is 10.6 Å². The molecule has 0 unspecified atom stereocenters. The van der Waals surface area contributed by atoms with Crippen molar-refractivity contribution in [3.63, 3.8) is 0 Å². The summed E-state index contributed by atoms with van der Waals surface area (Å²) in [7, 11) is 1.76. The normalized spacial score (nSPS) is 11.0. The highest BCUT2D eigenvalue weighted by atomic mass is 127. The molecule has 0 radical (unpaired) electrons. The number of aliphatic imine (C=N–C) groups is 1. The number of hydrogen-bond acceptors (Lipinski definition) is 3. The number of rotatable bonds is 7. The summed E-state index contributed by atoms with van der Waals surface area (Å²) in [6.07, 6.45) is 6.57. The Hall–Kier alpha value is -2.13. The molecule has 1 aromatic carbocycles. The third-order valence-electron chi connectivity index (χ3n) is 4.05. The van der Waals surface area contributed by atoms with Crippen LogP contribution < -0.4 is 10.6 Å². The molecule has 0 aliphatic rings. The largest absolute Gasteiger partial charge is 0.356 e. The maximum Gasteiger partial charge on any atom is 0.191 e. The van der Waals surface area contributed by atoms with Crippen LogP contribution in [-0.4, -0.2) is 34.3 Å². The van der Waals surface area contributed by atoms with E-state index in [-0.39, 0.29) is 24.0 Å². The van der Waals surface area contributed by atoms with Crippen LogP contribution in [-0.2, 0) is 19.5 Å². The summed E-state index contributed by atoms with van der Waals surface area (Å²) in [4.78, 5) is 8.34. The van der Waals surface area contributed by atoms with Crippen LogP contribution in [0.1, 0.15) is 16.7 Å². The number of nitrogens with zero attached hydrogens (tertiary/aromatic N) is 4. The zero-order valence-corrected chi connectivity index (χ0v) is 18.8. The van der Waals surface area contributed by atoms with Crippen molar-refractivity contribution in [3.05, 3.63) is 82.9 Å². The van der Waals surface area contributed by atoms with Crippen LogP contribution in [0.25, 0.3) is 0 Å². The van der Waals surface area contributed by atoms with Gasteiger partial charge in [-0.05, 0) is 23.6 Å². The van der Waals surface area contributed by atoms with Crippen molar-refractivity contribution in [2.45, 2.75) is 19.5 Å². The molecule has 0 bridgehead atoms. The molecule has 2 heterocycles. The van der Waals surface area contributed by atoms with Gasteiger partial charge in [0.05, 0.1) is 12.7 Å². The third-order valence-corrected chi connectivity index (χ3v) is 4.28. The Kier molecular flexibility index (Phi) is 9.22. The summed E-state index contributed by atoms with van der Waals surface area (Å²) in [5, 5.41) is 11.5. The first-order valence-electron chi connectivity index (χ1n) is 8.83. The van der Waals surface area contributed by atoms with Crippen LogP contribution in [0, 0.1) is 0 Å². The molecule has 0 amide bonds. The van der Waals surface area contributed by atoms with Crippen LogP contribution in [0.15, 0.2) is 66.0 Å². The predicted octanol–water partition coefficient (Wildman–Crippen LogP) is 3.51. The SMILES string of the molecule is CN=C(NCCc1ccc(Cl)nc1)NCc1cnn(Cc2ccccc2)c1.I. The number of benzene rings is 1. The summed E-state index contributed by atoms with van der Waals surface area (Å²) >= 11 is 5.80. The number of pyridine rings is 1. The molecule has 2 N–H and O–H groups in total. The molecule has 0 atom stereocenters. The van der Waals surface area contributed by atoms with Gasteiger partial charge in [-0.2, -0.15) is 5.10 Å². The summed E-state index contributed by atoms with van der Waals surface area (Å²) in [5.74, 6) is 0.757. The Balaban J connectivity index is 0.00000280. The maximum absolute atomic E-state index is 5.80. The van der Waals surface area contributed by atoms with E-state index in [1.165, 1.54) is 5.56 Å². The molecule has 0 fully saturated rings. The standard InChI is InChI=1S/C20H23ClN6.HI/c1-22-20(23-10-9-16-7-8-19(21)24-11-16)25-12-18-13-26-27(15-18)14-17-5-3-2-4-6-17;/h2-8,11,13,15H,9-10,12,14H2,1H3,(H2,22,23,25);1H. The Morgan fingerprint density at radius 3 is 2.57 bits per heavy atom. The van der Waals surface area contributed by atoms with Crippen LogP contribution in [0.4, 0.5) is 0 Å². The first-order chi connectivity index (χ1) is 13.2. The predicted molar refractivity (Wildman–Crippen MR) is 124 cm³/mol. The minimum absolute atomic E-state index is 0. The Morgan fingerprint density at radius 1 is 1.04 bits per heavy atom. The molecule has 0 aliphatic carbocycles. The Labute approximate surface area is 187 Å². The van der Waals surface area contributed by atoms with Crippen molar-refractivity contribution in [2.75, 3.05) is 13.6 Å². The van der Waals surface area contributed by atoms with Crippen molar-refractivity contribution in [1.29, 1.82) is 0 Å². The number of aromatic nitrogens is 3. The van der Waals surface area contributed by atoms with Crippen molar-refractivity contribution in [3.8, 4) is 0 Å². The van der Waals surface area contributed by atoms with Crippen LogP contribution in [0.2, 0.25) is 5.15 Å². The van der Waals surface area contributed by atoms with E-state index in [9.17, 15) is 0 Å². The van der Waals surface area contributed by atoms with Crippen LogP contribution >= 0.6 is 35.6 Å². The number of nitrogens with one attached hydrogen (secondary N) is 2. The third kappa shape index (κ3) is 7.12. The van der Waals surface area contributed by atoms with E-state index in [1.807, 2.05) is 41.3 Å². The summed E-state index contributed by atoms with van der Waals surface area (Å²) in [6.45, 7) is 2.19. The first-order valence-corrected chi connectivity index (χ1v) is 9.21. The van der Waals surface area contributed by atoms with Gasteiger partial charge in [-0.15, -0.1) is 24.0 Å². The summed E-state index contributed by atoms with van der Waals surface area (Å²) < 4.78 is 1.94. The van der Waals surface area contributed by atoms with Gasteiger partial charge in [0.2, 0.25) is 0 Å². The maximum atomic E-state index is 5.80. The van der Waals surface area contributed by atoms with Gasteiger partial charge >= 0.3 is 0 Å². The molecule has 3 aromatic rings. The molecular formula is C20H24ClIN6. The Bertz CT molecular complexity index is 864. The van der Waals surface area contributed by atoms with Crippen molar-refractivity contribution >= 4 is 41.5 Å². The average molecular weight is 511 g/mol. The second kappa shape index (κ2) is 11.7. The fraction of sp³-hybridized carbons (Fsp3) is 0.250. The van der Waals surface area contributed by atoms with Crippen LogP contribution in [0.3, 0.4) is 0 Å². The molecule has 0 saturated carbocycles. The molecular weight excluding hydrogens is 487 g/mol. The average Bonchev–Trinajstić information content (AvgIpc) is 3.14. The lowest BCUT2D eigenvalue weighted by atomic mass is 10.2. The van der Waals surface area contributed by atoms with Crippen molar-refractivity contribution in [1.82, 2.24) is 25.4 Å². The van der Waals surface area contributed by atoms with Gasteiger partial charge in [0.25, 0.3) is 0 Å². The van der Waals surface area contributed by atoms with Gasteiger partial charge in [-0.25, -0.2) is 4.98 Å². The Morgan fingerprint density at radius 2 is 1.86 bits per heavy atom. The highest BCUT2D eigenvalue weighted by Gasteiger charge is 2.02. The lowest BCUT2D eigenvalue weighted by molar-refractivity contribution is 0.685. The smallest absolute Gasteiger partial charge is 0.191 e. The second-order valence-electron chi connectivity index (χ2n) is 6.12. The van der Waals surface area contributed by atoms with E-state index in [0.29, 0.717) is 11.7 Å². The molecule has 0 saturated heterocycles. The molecule has 28 heavy (non-hydrogen) atoms. The van der Waals surface area contributed by atoms with Gasteiger partial charge in [-0.1, -0.05) is 48.0 Å². The fourth-order valence-electron chi connectivity index (χ4n) is 2.64. The number of hydrogen-bond donors (Lipinski definition) is 2. The van der Waals surface area contributed by atoms with E-state index in [0.717, 1.165) is 36.6 Å². The van der Waals surface area contributed by atoms with E-state index >= 15 is 0 Å². The van der Waals surface area contributed by atoms with Gasteiger partial charge in [0.15, 0.2) is 5.96 Å². The van der Waals surface area contributed by atoms with E-state index in [1.54, 1.807) is 19.3 Å². The quantitative estimate of drug-likeness (QED) is 0.221. The first kappa shape index (κ1) is 22.2. The molecule has 0 aliphatic heterocycles. The lowest BCUT2D eigenvalue weighted by Gasteiger charge is -2.11. The van der Waals surface area contributed by atoms with Gasteiger partial charge in [0.1, 0.15) is 5.15 Å². The van der Waals surface area contributed by atoms with Gasteiger partial charge in [-0.3, -0.25) is 9.67 Å². The lowest BCUT2D eigenvalue weighted by Crippen LogP contribution is -2.37. The zero-order valence-electron chi connectivity index (χ0n) is 15.7. The minimum atomic E-state index is 0. The molecule has 2 aromatic heterocycles. The molecule has 0 spiro atoms. The molecule has 3 rings (SSSR count). The highest BCUT2D eigenvalue weighted by molar-refractivity contribution is 14.0.